The number of nitrogens with two attached hydrogens (primary N) is 1. The maximum Gasteiger partial charge on any atom is 0.0863 e. The third-order valence-electron chi connectivity index (χ3n) is 1.31. The van der Waals surface area contributed by atoms with E-state index < -0.39 is 6.10 Å². The molecule has 0 aliphatic heterocycles. The van der Waals surface area contributed by atoms with Gasteiger partial charge in [-0.1, -0.05) is 0 Å². The van der Waals surface area contributed by atoms with Gasteiger partial charge in [-0.2, -0.15) is 11.8 Å². The highest BCUT2D eigenvalue weighted by Crippen LogP contribution is 2.01. The third kappa shape index (κ3) is 10.1. The average Bonchev–Trinajstić information content (AvgIpc) is 2.13. The predicted molar refractivity (Wildman–Crippen MR) is 55.1 cm³/mol. The first-order valence-electron chi connectivity index (χ1n) is 4.33. The van der Waals surface area contributed by atoms with Crippen LogP contribution in [0, 0.1) is 0 Å². The van der Waals surface area contributed by atoms with Gasteiger partial charge in [0.1, 0.15) is 0 Å². The molecule has 1 atom stereocenters. The molecule has 3 N–H and O–H groups in total. The Morgan fingerprint density at radius 2 is 2.23 bits per heavy atom. The van der Waals surface area contributed by atoms with Crippen LogP contribution in [0.25, 0.3) is 0 Å². The molecule has 13 heavy (non-hydrogen) atoms. The molecule has 0 aliphatic carbocycles. The summed E-state index contributed by atoms with van der Waals surface area (Å²) in [4.78, 5) is 0. The molecule has 0 heterocycles. The Balaban J connectivity index is 3.05. The first-order chi connectivity index (χ1) is 6.31. The van der Waals surface area contributed by atoms with Gasteiger partial charge in [0.05, 0.1) is 25.9 Å². The van der Waals surface area contributed by atoms with Crippen LogP contribution in [-0.2, 0) is 9.47 Å². The molecule has 1 unspecified atom stereocenters. The van der Waals surface area contributed by atoms with E-state index in [9.17, 15) is 5.11 Å². The van der Waals surface area contributed by atoms with Crippen molar-refractivity contribution in [2.75, 3.05) is 45.0 Å². The molecule has 0 amide bonds. The van der Waals surface area contributed by atoms with Crippen molar-refractivity contribution in [1.82, 2.24) is 0 Å². The van der Waals surface area contributed by atoms with Crippen molar-refractivity contribution in [3.8, 4) is 0 Å². The second-order valence-electron chi connectivity index (χ2n) is 2.59. The number of rotatable bonds is 9. The SMILES string of the molecule is COCCOCC(O)CSCCN. The molecule has 0 saturated heterocycles. The summed E-state index contributed by atoms with van der Waals surface area (Å²) in [6.07, 6.45) is -0.395. The average molecular weight is 209 g/mol. The smallest absolute Gasteiger partial charge is 0.0863 e. The van der Waals surface area contributed by atoms with Gasteiger partial charge >= 0.3 is 0 Å². The van der Waals surface area contributed by atoms with E-state index in [4.69, 9.17) is 15.2 Å². The predicted octanol–water partition coefficient (Wildman–Crippen LogP) is -0.298. The summed E-state index contributed by atoms with van der Waals surface area (Å²) >= 11 is 1.64. The molecule has 0 saturated carbocycles. The Hall–Kier alpha value is 0.190. The first-order valence-corrected chi connectivity index (χ1v) is 5.49. The van der Waals surface area contributed by atoms with E-state index in [0.29, 0.717) is 32.1 Å². The minimum Gasteiger partial charge on any atom is -0.390 e. The molecule has 5 heteroatoms. The first kappa shape index (κ1) is 13.2. The van der Waals surface area contributed by atoms with Crippen molar-refractivity contribution < 1.29 is 14.6 Å². The van der Waals surface area contributed by atoms with Gasteiger partial charge in [0.15, 0.2) is 0 Å². The molecule has 4 nitrogen and oxygen atoms in total. The van der Waals surface area contributed by atoms with Crippen LogP contribution in [0.2, 0.25) is 0 Å². The van der Waals surface area contributed by atoms with Crippen molar-refractivity contribution in [2.45, 2.75) is 6.10 Å². The largest absolute Gasteiger partial charge is 0.390 e. The Labute approximate surface area is 83.8 Å². The maximum atomic E-state index is 9.35. The van der Waals surface area contributed by atoms with E-state index in [1.165, 1.54) is 0 Å². The topological polar surface area (TPSA) is 64.7 Å². The number of hydrogen-bond acceptors (Lipinski definition) is 5. The van der Waals surface area contributed by atoms with Crippen molar-refractivity contribution in [1.29, 1.82) is 0 Å². The summed E-state index contributed by atoms with van der Waals surface area (Å²) in [5.74, 6) is 1.57. The van der Waals surface area contributed by atoms with Crippen molar-refractivity contribution >= 4 is 11.8 Å². The number of aliphatic hydroxyl groups is 1. The van der Waals surface area contributed by atoms with Crippen LogP contribution in [-0.4, -0.2) is 56.2 Å². The van der Waals surface area contributed by atoms with Gasteiger partial charge in [0.25, 0.3) is 0 Å². The second-order valence-corrected chi connectivity index (χ2v) is 3.73. The molecule has 0 aliphatic rings. The normalized spacial score (nSPS) is 13.2. The lowest BCUT2D eigenvalue weighted by atomic mass is 10.4. The highest BCUT2D eigenvalue weighted by molar-refractivity contribution is 7.99. The van der Waals surface area contributed by atoms with Gasteiger partial charge in [-0.05, 0) is 0 Å². The zero-order valence-corrected chi connectivity index (χ0v) is 8.89. The number of hydrogen-bond donors (Lipinski definition) is 2. The minimum absolute atomic E-state index is 0.376. The van der Waals surface area contributed by atoms with Crippen molar-refractivity contribution in [3.05, 3.63) is 0 Å². The lowest BCUT2D eigenvalue weighted by Gasteiger charge is -2.10. The fourth-order valence-electron chi connectivity index (χ4n) is 0.712. The summed E-state index contributed by atoms with van der Waals surface area (Å²) in [5.41, 5.74) is 5.30. The summed E-state index contributed by atoms with van der Waals surface area (Å²) in [5, 5.41) is 9.35. The van der Waals surface area contributed by atoms with Crippen LogP contribution < -0.4 is 5.73 Å². The Morgan fingerprint density at radius 1 is 1.46 bits per heavy atom. The number of aliphatic hydroxyl groups excluding tert-OH is 1. The summed E-state index contributed by atoms with van der Waals surface area (Å²) in [7, 11) is 1.62. The van der Waals surface area contributed by atoms with Gasteiger partial charge in [0, 0.05) is 25.2 Å². The van der Waals surface area contributed by atoms with Gasteiger partial charge in [-0.15, -0.1) is 0 Å². The van der Waals surface area contributed by atoms with Gasteiger partial charge in [0.2, 0.25) is 0 Å². The molecule has 0 aromatic rings. The Kier molecular flexibility index (Phi) is 10.4. The summed E-state index contributed by atoms with van der Waals surface area (Å²) < 4.78 is 9.94. The van der Waals surface area contributed by atoms with Crippen LogP contribution in [0.1, 0.15) is 0 Å². The molecular formula is C8H19NO3S. The van der Waals surface area contributed by atoms with Crippen LogP contribution in [0.3, 0.4) is 0 Å². The zero-order chi connectivity index (χ0) is 9.94. The van der Waals surface area contributed by atoms with Gasteiger partial charge in [-0.25, -0.2) is 0 Å². The van der Waals surface area contributed by atoms with E-state index in [0.717, 1.165) is 5.75 Å². The van der Waals surface area contributed by atoms with Crippen LogP contribution in [0.15, 0.2) is 0 Å². The summed E-state index contributed by atoms with van der Waals surface area (Å²) in [6, 6.07) is 0. The second kappa shape index (κ2) is 10.3. The number of thioether (sulfide) groups is 1. The quantitative estimate of drug-likeness (QED) is 0.511. The molecule has 0 fully saturated rings. The monoisotopic (exact) mass is 209 g/mol. The Morgan fingerprint density at radius 3 is 2.85 bits per heavy atom. The fourth-order valence-corrected chi connectivity index (χ4v) is 1.41. The minimum atomic E-state index is -0.395. The van der Waals surface area contributed by atoms with E-state index >= 15 is 0 Å². The zero-order valence-electron chi connectivity index (χ0n) is 8.07. The standard InChI is InChI=1S/C8H19NO3S/c1-11-3-4-12-6-8(10)7-13-5-2-9/h8,10H,2-7,9H2,1H3. The molecule has 0 rings (SSSR count). The van der Waals surface area contributed by atoms with E-state index in [2.05, 4.69) is 0 Å². The number of methoxy groups -OCH3 is 1. The van der Waals surface area contributed by atoms with Crippen LogP contribution >= 0.6 is 11.8 Å². The molecule has 80 valence electrons. The van der Waals surface area contributed by atoms with E-state index in [1.54, 1.807) is 18.9 Å². The van der Waals surface area contributed by atoms with Crippen LogP contribution in [0.4, 0.5) is 0 Å². The molecular weight excluding hydrogens is 190 g/mol. The van der Waals surface area contributed by atoms with Gasteiger partial charge in [-0.3, -0.25) is 0 Å². The highest BCUT2D eigenvalue weighted by Gasteiger charge is 2.03. The van der Waals surface area contributed by atoms with Crippen molar-refractivity contribution in [2.24, 2.45) is 5.73 Å². The number of ether oxygens (including phenoxy) is 2. The fraction of sp³-hybridized carbons (Fsp3) is 1.00. The Bertz CT molecular complexity index is 105. The molecule has 0 bridgehead atoms. The van der Waals surface area contributed by atoms with Crippen molar-refractivity contribution in [3.63, 3.8) is 0 Å². The third-order valence-corrected chi connectivity index (χ3v) is 2.46. The van der Waals surface area contributed by atoms with E-state index in [-0.39, 0.29) is 0 Å². The molecule has 0 spiro atoms. The lowest BCUT2D eigenvalue weighted by molar-refractivity contribution is 0.0218. The molecule has 0 aromatic heterocycles. The van der Waals surface area contributed by atoms with E-state index in [1.807, 2.05) is 0 Å². The maximum absolute atomic E-state index is 9.35. The molecule has 0 aromatic carbocycles. The highest BCUT2D eigenvalue weighted by atomic mass is 32.2. The lowest BCUT2D eigenvalue weighted by Crippen LogP contribution is -2.20. The summed E-state index contributed by atoms with van der Waals surface area (Å²) in [6.45, 7) is 2.14. The van der Waals surface area contributed by atoms with Crippen LogP contribution in [0.5, 0.6) is 0 Å². The molecule has 0 radical (unpaired) electrons. The van der Waals surface area contributed by atoms with Gasteiger partial charge < -0.3 is 20.3 Å².